The number of aliphatic hydroxyl groups is 1. The van der Waals surface area contributed by atoms with E-state index in [2.05, 4.69) is 5.32 Å². The minimum Gasteiger partial charge on any atom is -0.383 e. The van der Waals surface area contributed by atoms with Crippen molar-refractivity contribution in [3.63, 3.8) is 0 Å². The first kappa shape index (κ1) is 18.4. The molecule has 2 aromatic carbocycles. The van der Waals surface area contributed by atoms with Gasteiger partial charge in [-0.2, -0.15) is 13.2 Å². The molecule has 2 N–H and O–H groups in total. The first-order valence-electron chi connectivity index (χ1n) is 7.84. The number of benzene rings is 2. The standard InChI is InChI=1S/C19H16F3NO2S/c1-18(25,16-10-12-6-2-5-9-15(12)26-16)11-23-17(24)13-7-3-4-8-14(13)19(20,21)22/h2-10,25H,11H2,1H3,(H,23,24)/t18-/m1/s1. The number of fused-ring (bicyclic) bond motifs is 1. The first-order valence-corrected chi connectivity index (χ1v) is 8.66. The van der Waals surface area contributed by atoms with Gasteiger partial charge in [0.25, 0.3) is 5.91 Å². The van der Waals surface area contributed by atoms with E-state index in [9.17, 15) is 23.1 Å². The summed E-state index contributed by atoms with van der Waals surface area (Å²) >= 11 is 1.38. The average Bonchev–Trinajstić information content (AvgIpc) is 3.04. The highest BCUT2D eigenvalue weighted by Crippen LogP contribution is 2.34. The zero-order chi connectivity index (χ0) is 18.9. The van der Waals surface area contributed by atoms with Crippen LogP contribution in [0.2, 0.25) is 0 Å². The van der Waals surface area contributed by atoms with Gasteiger partial charge in [0.05, 0.1) is 17.7 Å². The van der Waals surface area contributed by atoms with E-state index in [0.717, 1.165) is 22.2 Å². The molecule has 1 amide bonds. The second kappa shape index (κ2) is 6.74. The molecule has 0 unspecified atom stereocenters. The fourth-order valence-corrected chi connectivity index (χ4v) is 3.72. The molecule has 7 heteroatoms. The van der Waals surface area contributed by atoms with Crippen LogP contribution in [0.1, 0.15) is 27.7 Å². The summed E-state index contributed by atoms with van der Waals surface area (Å²) in [6.45, 7) is 1.32. The summed E-state index contributed by atoms with van der Waals surface area (Å²) in [5.41, 5.74) is -2.86. The maximum Gasteiger partial charge on any atom is 0.417 e. The molecule has 0 spiro atoms. The van der Waals surface area contributed by atoms with Crippen molar-refractivity contribution < 1.29 is 23.1 Å². The number of carbonyl (C=O) groups excluding carboxylic acids is 1. The molecule has 136 valence electrons. The van der Waals surface area contributed by atoms with Crippen molar-refractivity contribution in [2.45, 2.75) is 18.7 Å². The van der Waals surface area contributed by atoms with Crippen LogP contribution in [0.15, 0.2) is 54.6 Å². The third-order valence-corrected chi connectivity index (χ3v) is 5.40. The summed E-state index contributed by atoms with van der Waals surface area (Å²) in [7, 11) is 0. The van der Waals surface area contributed by atoms with Crippen LogP contribution < -0.4 is 5.32 Å². The Morgan fingerprint density at radius 2 is 1.77 bits per heavy atom. The molecule has 0 saturated heterocycles. The Morgan fingerprint density at radius 1 is 1.12 bits per heavy atom. The van der Waals surface area contributed by atoms with Crippen molar-refractivity contribution in [2.75, 3.05) is 6.54 Å². The van der Waals surface area contributed by atoms with Crippen LogP contribution in [0.4, 0.5) is 13.2 Å². The van der Waals surface area contributed by atoms with Crippen LogP contribution in [-0.2, 0) is 11.8 Å². The molecule has 1 atom stereocenters. The number of halogens is 3. The molecule has 0 radical (unpaired) electrons. The van der Waals surface area contributed by atoms with Crippen LogP contribution in [0, 0.1) is 0 Å². The lowest BCUT2D eigenvalue weighted by Gasteiger charge is -2.22. The Kier molecular flexibility index (Phi) is 4.77. The van der Waals surface area contributed by atoms with Gasteiger partial charge in [-0.15, -0.1) is 11.3 Å². The van der Waals surface area contributed by atoms with Gasteiger partial charge in [0.15, 0.2) is 0 Å². The Hall–Kier alpha value is -2.38. The normalized spacial score (nSPS) is 14.2. The molecule has 0 aliphatic heterocycles. The van der Waals surface area contributed by atoms with Gasteiger partial charge in [0, 0.05) is 9.58 Å². The highest BCUT2D eigenvalue weighted by molar-refractivity contribution is 7.19. The molecule has 1 heterocycles. The molecule has 26 heavy (non-hydrogen) atoms. The summed E-state index contributed by atoms with van der Waals surface area (Å²) in [4.78, 5) is 12.9. The van der Waals surface area contributed by atoms with Gasteiger partial charge in [-0.25, -0.2) is 0 Å². The zero-order valence-corrected chi connectivity index (χ0v) is 14.6. The van der Waals surface area contributed by atoms with Crippen molar-refractivity contribution in [3.8, 4) is 0 Å². The number of rotatable bonds is 4. The van der Waals surface area contributed by atoms with E-state index in [-0.39, 0.29) is 6.54 Å². The van der Waals surface area contributed by atoms with Crippen molar-refractivity contribution in [1.82, 2.24) is 5.32 Å². The molecule has 0 saturated carbocycles. The lowest BCUT2D eigenvalue weighted by molar-refractivity contribution is -0.137. The van der Waals surface area contributed by atoms with Crippen LogP contribution >= 0.6 is 11.3 Å². The predicted molar refractivity (Wildman–Crippen MR) is 95.2 cm³/mol. The Labute approximate surface area is 152 Å². The number of hydrogen-bond acceptors (Lipinski definition) is 3. The number of amides is 1. The Morgan fingerprint density at radius 3 is 2.46 bits per heavy atom. The maximum absolute atomic E-state index is 13.0. The Bertz CT molecular complexity index is 914. The summed E-state index contributed by atoms with van der Waals surface area (Å²) < 4.78 is 40.1. The third-order valence-electron chi connectivity index (χ3n) is 4.03. The van der Waals surface area contributed by atoms with Crippen molar-refractivity contribution in [3.05, 3.63) is 70.6 Å². The number of carbonyl (C=O) groups is 1. The summed E-state index contributed by atoms with van der Waals surface area (Å²) in [5, 5.41) is 14.1. The monoisotopic (exact) mass is 379 g/mol. The molecule has 0 aliphatic carbocycles. The quantitative estimate of drug-likeness (QED) is 0.698. The maximum atomic E-state index is 13.0. The second-order valence-electron chi connectivity index (χ2n) is 6.15. The van der Waals surface area contributed by atoms with E-state index in [1.54, 1.807) is 0 Å². The molecule has 3 nitrogen and oxygen atoms in total. The van der Waals surface area contributed by atoms with Crippen LogP contribution in [-0.4, -0.2) is 17.6 Å². The summed E-state index contributed by atoms with van der Waals surface area (Å²) in [6.07, 6.45) is -4.62. The van der Waals surface area contributed by atoms with Gasteiger partial charge in [0.1, 0.15) is 5.60 Å². The minimum atomic E-state index is -4.62. The fraction of sp³-hybridized carbons (Fsp3) is 0.211. The Balaban J connectivity index is 1.79. The minimum absolute atomic E-state index is 0.204. The number of alkyl halides is 3. The summed E-state index contributed by atoms with van der Waals surface area (Å²) in [6, 6.07) is 14.0. The van der Waals surface area contributed by atoms with Crippen LogP contribution in [0.25, 0.3) is 10.1 Å². The van der Waals surface area contributed by atoms with Crippen LogP contribution in [0.5, 0.6) is 0 Å². The van der Waals surface area contributed by atoms with E-state index in [1.165, 1.54) is 30.4 Å². The molecule has 3 aromatic rings. The molecule has 0 bridgehead atoms. The molecule has 0 aliphatic rings. The number of hydrogen-bond donors (Lipinski definition) is 2. The third kappa shape index (κ3) is 3.73. The smallest absolute Gasteiger partial charge is 0.383 e. The van der Waals surface area contributed by atoms with Crippen molar-refractivity contribution in [2.24, 2.45) is 0 Å². The van der Waals surface area contributed by atoms with Gasteiger partial charge in [-0.1, -0.05) is 30.3 Å². The van der Waals surface area contributed by atoms with Gasteiger partial charge in [-0.05, 0) is 36.6 Å². The lowest BCUT2D eigenvalue weighted by Crippen LogP contribution is -2.38. The largest absolute Gasteiger partial charge is 0.417 e. The van der Waals surface area contributed by atoms with E-state index in [1.807, 2.05) is 30.3 Å². The molecule has 1 aromatic heterocycles. The second-order valence-corrected chi connectivity index (χ2v) is 7.23. The SMILES string of the molecule is C[C@@](O)(CNC(=O)c1ccccc1C(F)(F)F)c1cc2ccccc2s1. The van der Waals surface area contributed by atoms with E-state index in [0.29, 0.717) is 4.88 Å². The summed E-state index contributed by atoms with van der Waals surface area (Å²) in [5.74, 6) is -0.876. The van der Waals surface area contributed by atoms with Crippen molar-refractivity contribution in [1.29, 1.82) is 0 Å². The highest BCUT2D eigenvalue weighted by Gasteiger charge is 2.35. The van der Waals surface area contributed by atoms with Gasteiger partial charge < -0.3 is 10.4 Å². The van der Waals surface area contributed by atoms with E-state index in [4.69, 9.17) is 0 Å². The molecular weight excluding hydrogens is 363 g/mol. The highest BCUT2D eigenvalue weighted by atomic mass is 32.1. The zero-order valence-electron chi connectivity index (χ0n) is 13.8. The first-order chi connectivity index (χ1) is 12.2. The van der Waals surface area contributed by atoms with Gasteiger partial charge >= 0.3 is 6.18 Å². The fourth-order valence-electron chi connectivity index (χ4n) is 2.61. The van der Waals surface area contributed by atoms with E-state index >= 15 is 0 Å². The van der Waals surface area contributed by atoms with Gasteiger partial charge in [0.2, 0.25) is 0 Å². The van der Waals surface area contributed by atoms with Gasteiger partial charge in [-0.3, -0.25) is 4.79 Å². The molecule has 0 fully saturated rings. The van der Waals surface area contributed by atoms with E-state index < -0.39 is 28.8 Å². The van der Waals surface area contributed by atoms with Crippen molar-refractivity contribution >= 4 is 27.3 Å². The predicted octanol–water partition coefficient (Wildman–Crippen LogP) is 4.56. The topological polar surface area (TPSA) is 49.3 Å². The molecule has 3 rings (SSSR count). The number of nitrogens with one attached hydrogen (secondary N) is 1. The van der Waals surface area contributed by atoms with Crippen LogP contribution in [0.3, 0.4) is 0 Å². The average molecular weight is 379 g/mol. The lowest BCUT2D eigenvalue weighted by atomic mass is 10.0. The number of thiophene rings is 1. The molecular formula is C19H16F3NO2S.